The van der Waals surface area contributed by atoms with Gasteiger partial charge in [-0.05, 0) is 17.7 Å². The second kappa shape index (κ2) is 9.82. The Bertz CT molecular complexity index is 851. The predicted molar refractivity (Wildman–Crippen MR) is 103 cm³/mol. The number of Topliss-reactive ketones (excluding diaryl/α,β-unsaturated/α-hetero) is 1. The van der Waals surface area contributed by atoms with Gasteiger partial charge in [0.1, 0.15) is 0 Å². The Hall–Kier alpha value is -1.74. The lowest BCUT2D eigenvalue weighted by molar-refractivity contribution is -0.120. The summed E-state index contributed by atoms with van der Waals surface area (Å²) in [5, 5.41) is 2.52. The molecule has 1 amide bonds. The van der Waals surface area contributed by atoms with Gasteiger partial charge in [0.25, 0.3) is 0 Å². The van der Waals surface area contributed by atoms with E-state index in [4.69, 9.17) is 11.6 Å². The quantitative estimate of drug-likeness (QED) is 0.584. The van der Waals surface area contributed by atoms with Crippen molar-refractivity contribution in [2.45, 2.75) is 19.4 Å². The van der Waals surface area contributed by atoms with E-state index in [9.17, 15) is 18.0 Å². The van der Waals surface area contributed by atoms with Crippen LogP contribution in [0.3, 0.4) is 0 Å². The number of ketones is 1. The second-order valence-electron chi connectivity index (χ2n) is 5.50. The second-order valence-corrected chi connectivity index (χ2v) is 9.14. The van der Waals surface area contributed by atoms with Crippen LogP contribution in [0.4, 0.5) is 0 Å². The van der Waals surface area contributed by atoms with Gasteiger partial charge in [0, 0.05) is 25.9 Å². The monoisotopic (exact) mass is 414 g/mol. The third kappa shape index (κ3) is 7.25. The van der Waals surface area contributed by atoms with Crippen molar-refractivity contribution in [3.8, 4) is 0 Å². The molecule has 6 nitrogen and oxygen atoms in total. The molecule has 0 fully saturated rings. The molecule has 9 heteroatoms. The minimum atomic E-state index is -3.49. The Morgan fingerprint density at radius 2 is 1.77 bits per heavy atom. The smallest absolute Gasteiger partial charge is 0.220 e. The maximum atomic E-state index is 11.9. The molecule has 2 aromatic rings. The summed E-state index contributed by atoms with van der Waals surface area (Å²) in [6, 6.07) is 12.4. The number of sulfonamides is 1. The van der Waals surface area contributed by atoms with Gasteiger partial charge in [0.15, 0.2) is 5.78 Å². The SMILES string of the molecule is O=C(CCC(=O)c1ccc(Cl)s1)NCCS(=O)(=O)NCc1ccccc1. The van der Waals surface area contributed by atoms with E-state index in [2.05, 4.69) is 10.0 Å². The summed E-state index contributed by atoms with van der Waals surface area (Å²) in [4.78, 5) is 24.1. The topological polar surface area (TPSA) is 92.3 Å². The molecule has 2 rings (SSSR count). The van der Waals surface area contributed by atoms with Crippen molar-refractivity contribution in [1.82, 2.24) is 10.0 Å². The molecule has 0 saturated carbocycles. The summed E-state index contributed by atoms with van der Waals surface area (Å²) >= 11 is 6.94. The van der Waals surface area contributed by atoms with Crippen molar-refractivity contribution in [3.63, 3.8) is 0 Å². The van der Waals surface area contributed by atoms with Crippen molar-refractivity contribution in [1.29, 1.82) is 0 Å². The lowest BCUT2D eigenvalue weighted by Crippen LogP contribution is -2.34. The zero-order valence-corrected chi connectivity index (χ0v) is 16.3. The van der Waals surface area contributed by atoms with Crippen LogP contribution in [0.2, 0.25) is 4.34 Å². The molecule has 140 valence electrons. The summed E-state index contributed by atoms with van der Waals surface area (Å²) in [5.74, 6) is -0.742. The summed E-state index contributed by atoms with van der Waals surface area (Å²) in [7, 11) is -3.49. The molecule has 0 radical (unpaired) electrons. The van der Waals surface area contributed by atoms with Crippen LogP contribution in [0.1, 0.15) is 28.1 Å². The van der Waals surface area contributed by atoms with Gasteiger partial charge in [0.2, 0.25) is 15.9 Å². The predicted octanol–water partition coefficient (Wildman–Crippen LogP) is 2.60. The van der Waals surface area contributed by atoms with E-state index < -0.39 is 10.0 Å². The Morgan fingerprint density at radius 1 is 1.04 bits per heavy atom. The van der Waals surface area contributed by atoms with Gasteiger partial charge in [-0.3, -0.25) is 9.59 Å². The largest absolute Gasteiger partial charge is 0.355 e. The molecule has 0 aliphatic carbocycles. The highest BCUT2D eigenvalue weighted by atomic mass is 35.5. The highest BCUT2D eigenvalue weighted by molar-refractivity contribution is 7.89. The zero-order chi connectivity index (χ0) is 19.0. The molecule has 1 heterocycles. The summed E-state index contributed by atoms with van der Waals surface area (Å²) in [5.41, 5.74) is 0.854. The van der Waals surface area contributed by atoms with Gasteiger partial charge in [-0.2, -0.15) is 0 Å². The van der Waals surface area contributed by atoms with Crippen molar-refractivity contribution < 1.29 is 18.0 Å². The minimum absolute atomic E-state index is 0.00580. The fourth-order valence-corrected chi connectivity index (χ4v) is 4.00. The number of carbonyl (C=O) groups excluding carboxylic acids is 2. The standard InChI is InChI=1S/C17H19ClN2O4S2/c18-16-8-7-15(25-16)14(21)6-9-17(22)19-10-11-26(23,24)20-12-13-4-2-1-3-5-13/h1-5,7-8,20H,6,9-12H2,(H,19,22). The average Bonchev–Trinajstić information content (AvgIpc) is 3.05. The normalized spacial score (nSPS) is 11.3. The number of amides is 1. The first kappa shape index (κ1) is 20.6. The Morgan fingerprint density at radius 3 is 2.42 bits per heavy atom. The fourth-order valence-electron chi connectivity index (χ4n) is 2.09. The van der Waals surface area contributed by atoms with Crippen molar-refractivity contribution in [2.75, 3.05) is 12.3 Å². The number of benzene rings is 1. The van der Waals surface area contributed by atoms with Crippen molar-refractivity contribution in [2.24, 2.45) is 0 Å². The molecular weight excluding hydrogens is 396 g/mol. The third-order valence-electron chi connectivity index (χ3n) is 3.46. The van der Waals surface area contributed by atoms with Crippen molar-refractivity contribution >= 4 is 44.7 Å². The van der Waals surface area contributed by atoms with Gasteiger partial charge < -0.3 is 5.32 Å². The maximum absolute atomic E-state index is 11.9. The van der Waals surface area contributed by atoms with Crippen molar-refractivity contribution in [3.05, 3.63) is 57.2 Å². The van der Waals surface area contributed by atoms with Crippen LogP contribution in [0.25, 0.3) is 0 Å². The van der Waals surface area contributed by atoms with Gasteiger partial charge in [-0.1, -0.05) is 41.9 Å². The van der Waals surface area contributed by atoms with Crippen LogP contribution in [-0.2, 0) is 21.4 Å². The van der Waals surface area contributed by atoms with Crippen LogP contribution in [0.15, 0.2) is 42.5 Å². The Kier molecular flexibility index (Phi) is 7.77. The number of nitrogens with one attached hydrogen (secondary N) is 2. The van der Waals surface area contributed by atoms with Crippen LogP contribution in [0.5, 0.6) is 0 Å². The van der Waals surface area contributed by atoms with Gasteiger partial charge in [-0.15, -0.1) is 11.3 Å². The van der Waals surface area contributed by atoms with E-state index in [1.54, 1.807) is 12.1 Å². The Balaban J connectivity index is 1.66. The van der Waals surface area contributed by atoms with Crippen LogP contribution >= 0.6 is 22.9 Å². The molecule has 0 unspecified atom stereocenters. The number of rotatable bonds is 10. The number of thiophene rings is 1. The molecule has 1 aromatic heterocycles. The highest BCUT2D eigenvalue weighted by Gasteiger charge is 2.13. The summed E-state index contributed by atoms with van der Waals surface area (Å²) < 4.78 is 26.8. The van der Waals surface area contributed by atoms with Gasteiger partial charge in [0.05, 0.1) is 15.0 Å². The molecule has 1 aromatic carbocycles. The van der Waals surface area contributed by atoms with Gasteiger partial charge >= 0.3 is 0 Å². The molecular formula is C17H19ClN2O4S2. The number of carbonyl (C=O) groups is 2. The molecule has 2 N–H and O–H groups in total. The van der Waals surface area contributed by atoms with E-state index >= 15 is 0 Å². The van der Waals surface area contributed by atoms with Crippen LogP contribution in [-0.4, -0.2) is 32.4 Å². The van der Waals surface area contributed by atoms with Crippen LogP contribution in [0, 0.1) is 0 Å². The number of hydrogen-bond donors (Lipinski definition) is 2. The van der Waals surface area contributed by atoms with E-state index in [0.29, 0.717) is 9.21 Å². The minimum Gasteiger partial charge on any atom is -0.355 e. The molecule has 26 heavy (non-hydrogen) atoms. The number of halogens is 1. The zero-order valence-electron chi connectivity index (χ0n) is 13.9. The molecule has 0 aliphatic rings. The molecule has 0 saturated heterocycles. The lowest BCUT2D eigenvalue weighted by atomic mass is 10.2. The van der Waals surface area contributed by atoms with E-state index in [-0.39, 0.29) is 43.4 Å². The highest BCUT2D eigenvalue weighted by Crippen LogP contribution is 2.22. The van der Waals surface area contributed by atoms with Gasteiger partial charge in [-0.25, -0.2) is 13.1 Å². The first-order valence-electron chi connectivity index (χ1n) is 7.92. The third-order valence-corrected chi connectivity index (χ3v) is 6.06. The van der Waals surface area contributed by atoms with E-state index in [0.717, 1.165) is 5.56 Å². The molecule has 0 aliphatic heterocycles. The number of hydrogen-bond acceptors (Lipinski definition) is 5. The average molecular weight is 415 g/mol. The lowest BCUT2D eigenvalue weighted by Gasteiger charge is -2.08. The Labute approximate surface area is 161 Å². The summed E-state index contributed by atoms with van der Waals surface area (Å²) in [6.45, 7) is 0.191. The van der Waals surface area contributed by atoms with Crippen LogP contribution < -0.4 is 10.0 Å². The molecule has 0 atom stereocenters. The molecule has 0 bridgehead atoms. The van der Waals surface area contributed by atoms with E-state index in [1.165, 1.54) is 11.3 Å². The maximum Gasteiger partial charge on any atom is 0.220 e. The fraction of sp³-hybridized carbons (Fsp3) is 0.294. The van der Waals surface area contributed by atoms with E-state index in [1.807, 2.05) is 30.3 Å². The summed E-state index contributed by atoms with van der Waals surface area (Å²) in [6.07, 6.45) is 0.0630. The molecule has 0 spiro atoms. The first-order valence-corrected chi connectivity index (χ1v) is 10.8. The first-order chi connectivity index (χ1) is 12.4.